The van der Waals surface area contributed by atoms with Crippen molar-refractivity contribution in [2.45, 2.75) is 45.3 Å². The molecule has 4 rings (SSSR count). The van der Waals surface area contributed by atoms with Gasteiger partial charge in [-0.15, -0.1) is 0 Å². The number of halogens is 1. The zero-order valence-corrected chi connectivity index (χ0v) is 19.1. The summed E-state index contributed by atoms with van der Waals surface area (Å²) in [6.07, 6.45) is 6.69. The van der Waals surface area contributed by atoms with Crippen LogP contribution in [0.2, 0.25) is 0 Å². The Bertz CT molecular complexity index is 1100. The predicted octanol–water partition coefficient (Wildman–Crippen LogP) is 3.85. The van der Waals surface area contributed by atoms with Gasteiger partial charge in [0.1, 0.15) is 6.54 Å². The first-order valence-corrected chi connectivity index (χ1v) is 11.6. The van der Waals surface area contributed by atoms with Crippen LogP contribution in [0.25, 0.3) is 10.9 Å². The average molecular weight is 483 g/mol. The van der Waals surface area contributed by atoms with Gasteiger partial charge in [0.2, 0.25) is 5.91 Å². The summed E-state index contributed by atoms with van der Waals surface area (Å²) in [6.45, 7) is 3.72. The van der Waals surface area contributed by atoms with Gasteiger partial charge in [0.15, 0.2) is 0 Å². The number of likely N-dealkylation sites (tertiary alicyclic amines) is 1. The Hall–Kier alpha value is -2.51. The van der Waals surface area contributed by atoms with E-state index in [0.717, 1.165) is 16.6 Å². The molecular formula is C24H27BrN4O2. The van der Waals surface area contributed by atoms with Crippen molar-refractivity contribution >= 4 is 32.7 Å². The highest BCUT2D eigenvalue weighted by Gasteiger charge is 2.10. The van der Waals surface area contributed by atoms with E-state index in [-0.39, 0.29) is 18.0 Å². The molecule has 3 aromatic rings. The number of carbonyl (C=O) groups excluding carboxylic acids is 1. The number of hydrogen-bond donors (Lipinski definition) is 1. The summed E-state index contributed by atoms with van der Waals surface area (Å²) in [5.41, 5.74) is 2.74. The summed E-state index contributed by atoms with van der Waals surface area (Å²) < 4.78 is 2.15. The van der Waals surface area contributed by atoms with Crippen LogP contribution in [0.1, 0.15) is 36.8 Å². The second-order valence-corrected chi connectivity index (χ2v) is 9.04. The van der Waals surface area contributed by atoms with Crippen LogP contribution in [0.4, 0.5) is 0 Å². The van der Waals surface area contributed by atoms with Crippen molar-refractivity contribution in [3.05, 3.63) is 74.7 Å². The normalized spacial score (nSPS) is 15.0. The number of aromatic nitrogens is 2. The lowest BCUT2D eigenvalue weighted by Gasteiger charge is -2.19. The third-order valence-electron chi connectivity index (χ3n) is 5.72. The molecule has 1 aromatic heterocycles. The minimum absolute atomic E-state index is 0.0542. The fraction of sp³-hybridized carbons (Fsp3) is 0.375. The first kappa shape index (κ1) is 21.7. The highest BCUT2D eigenvalue weighted by Crippen LogP contribution is 2.15. The lowest BCUT2D eigenvalue weighted by molar-refractivity contribution is -0.121. The average Bonchev–Trinajstić information content (AvgIpc) is 3.04. The van der Waals surface area contributed by atoms with Gasteiger partial charge in [-0.2, -0.15) is 0 Å². The summed E-state index contributed by atoms with van der Waals surface area (Å²) in [6, 6.07) is 13.8. The molecule has 1 amide bonds. The van der Waals surface area contributed by atoms with Crippen molar-refractivity contribution in [3.63, 3.8) is 0 Å². The topological polar surface area (TPSA) is 67.2 Å². The first-order valence-electron chi connectivity index (χ1n) is 10.8. The molecule has 1 fully saturated rings. The number of fused-ring (bicyclic) bond motifs is 1. The molecule has 0 saturated carbocycles. The molecule has 0 atom stereocenters. The smallest absolute Gasteiger partial charge is 0.261 e. The molecule has 31 heavy (non-hydrogen) atoms. The Morgan fingerprint density at radius 1 is 1.00 bits per heavy atom. The minimum atomic E-state index is -0.223. The van der Waals surface area contributed by atoms with Crippen LogP contribution >= 0.6 is 15.9 Å². The van der Waals surface area contributed by atoms with E-state index in [2.05, 4.69) is 55.4 Å². The van der Waals surface area contributed by atoms with Gasteiger partial charge in [0, 0.05) is 17.6 Å². The van der Waals surface area contributed by atoms with Gasteiger partial charge in [-0.05, 0) is 55.3 Å². The van der Waals surface area contributed by atoms with Gasteiger partial charge in [0.05, 0.1) is 17.2 Å². The Labute approximate surface area is 190 Å². The molecule has 1 aliphatic rings. The molecule has 2 heterocycles. The SMILES string of the molecule is O=C(Cn1cnc2ccc(Br)cc2c1=O)NCc1ccc(CN2CCCCCC2)cc1. The van der Waals surface area contributed by atoms with Crippen molar-refractivity contribution in [1.82, 2.24) is 19.8 Å². The monoisotopic (exact) mass is 482 g/mol. The molecule has 1 N–H and O–H groups in total. The minimum Gasteiger partial charge on any atom is -0.350 e. The van der Waals surface area contributed by atoms with E-state index in [4.69, 9.17) is 0 Å². The first-order chi connectivity index (χ1) is 15.1. The Kier molecular flexibility index (Phi) is 7.14. The second-order valence-electron chi connectivity index (χ2n) is 8.12. The van der Waals surface area contributed by atoms with Crippen LogP contribution in [0.15, 0.2) is 58.1 Å². The standard InChI is InChI=1S/C24H27BrN4O2/c25-20-9-10-22-21(13-20)24(31)29(17-27-22)16-23(30)26-14-18-5-7-19(8-6-18)15-28-11-3-1-2-4-12-28/h5-10,13,17H,1-4,11-12,14-16H2,(H,26,30). The Morgan fingerprint density at radius 2 is 1.71 bits per heavy atom. The summed E-state index contributed by atoms with van der Waals surface area (Å²) in [7, 11) is 0. The van der Waals surface area contributed by atoms with E-state index in [9.17, 15) is 9.59 Å². The van der Waals surface area contributed by atoms with Crippen molar-refractivity contribution in [2.24, 2.45) is 0 Å². The third-order valence-corrected chi connectivity index (χ3v) is 6.21. The van der Waals surface area contributed by atoms with E-state index in [1.54, 1.807) is 12.1 Å². The maximum Gasteiger partial charge on any atom is 0.261 e. The number of carbonyl (C=O) groups is 1. The molecule has 0 spiro atoms. The molecule has 1 aliphatic heterocycles. The summed E-state index contributed by atoms with van der Waals surface area (Å²) >= 11 is 3.37. The van der Waals surface area contributed by atoms with Crippen molar-refractivity contribution < 1.29 is 4.79 Å². The number of rotatable bonds is 6. The van der Waals surface area contributed by atoms with Crippen LogP contribution in [0, 0.1) is 0 Å². The molecule has 162 valence electrons. The lowest BCUT2D eigenvalue weighted by atomic mass is 10.1. The highest BCUT2D eigenvalue weighted by atomic mass is 79.9. The molecule has 1 saturated heterocycles. The van der Waals surface area contributed by atoms with Gasteiger partial charge in [0.25, 0.3) is 5.56 Å². The number of nitrogens with one attached hydrogen (secondary N) is 1. The van der Waals surface area contributed by atoms with Crippen LogP contribution in [0.3, 0.4) is 0 Å². The van der Waals surface area contributed by atoms with E-state index < -0.39 is 0 Å². The second kappa shape index (κ2) is 10.2. The molecule has 0 bridgehead atoms. The molecule has 2 aromatic carbocycles. The van der Waals surface area contributed by atoms with Gasteiger partial charge < -0.3 is 5.32 Å². The van der Waals surface area contributed by atoms with E-state index in [1.165, 1.54) is 55.2 Å². The summed E-state index contributed by atoms with van der Waals surface area (Å²) in [5.74, 6) is -0.216. The number of hydrogen-bond acceptors (Lipinski definition) is 4. The zero-order valence-electron chi connectivity index (χ0n) is 17.5. The Balaban J connectivity index is 1.32. The van der Waals surface area contributed by atoms with Crippen LogP contribution in [0.5, 0.6) is 0 Å². The summed E-state index contributed by atoms with van der Waals surface area (Å²) in [4.78, 5) is 31.8. The van der Waals surface area contributed by atoms with E-state index in [0.29, 0.717) is 17.4 Å². The van der Waals surface area contributed by atoms with Gasteiger partial charge >= 0.3 is 0 Å². The summed E-state index contributed by atoms with van der Waals surface area (Å²) in [5, 5.41) is 3.39. The van der Waals surface area contributed by atoms with Crippen LogP contribution in [-0.2, 0) is 24.4 Å². The van der Waals surface area contributed by atoms with E-state index in [1.807, 2.05) is 6.07 Å². The van der Waals surface area contributed by atoms with E-state index >= 15 is 0 Å². The molecule has 0 aliphatic carbocycles. The lowest BCUT2D eigenvalue weighted by Crippen LogP contribution is -2.32. The number of benzene rings is 2. The zero-order chi connectivity index (χ0) is 21.6. The van der Waals surface area contributed by atoms with Gasteiger partial charge in [-0.25, -0.2) is 4.98 Å². The fourth-order valence-corrected chi connectivity index (χ4v) is 4.33. The van der Waals surface area contributed by atoms with Crippen LogP contribution < -0.4 is 10.9 Å². The number of amides is 1. The molecule has 6 nitrogen and oxygen atoms in total. The van der Waals surface area contributed by atoms with Crippen LogP contribution in [-0.4, -0.2) is 33.4 Å². The van der Waals surface area contributed by atoms with Gasteiger partial charge in [-0.1, -0.05) is 53.0 Å². The maximum atomic E-state index is 12.6. The molecule has 0 unspecified atom stereocenters. The highest BCUT2D eigenvalue weighted by molar-refractivity contribution is 9.10. The fourth-order valence-electron chi connectivity index (χ4n) is 3.97. The van der Waals surface area contributed by atoms with Gasteiger partial charge in [-0.3, -0.25) is 19.1 Å². The largest absolute Gasteiger partial charge is 0.350 e. The molecule has 7 heteroatoms. The molecule has 0 radical (unpaired) electrons. The quantitative estimate of drug-likeness (QED) is 0.579. The van der Waals surface area contributed by atoms with Crippen molar-refractivity contribution in [2.75, 3.05) is 13.1 Å². The predicted molar refractivity (Wildman–Crippen MR) is 126 cm³/mol. The number of nitrogens with zero attached hydrogens (tertiary/aromatic N) is 3. The third kappa shape index (κ3) is 5.80. The maximum absolute atomic E-state index is 12.6. The Morgan fingerprint density at radius 3 is 2.45 bits per heavy atom. The van der Waals surface area contributed by atoms with Crippen molar-refractivity contribution in [3.8, 4) is 0 Å². The van der Waals surface area contributed by atoms with Crippen molar-refractivity contribution in [1.29, 1.82) is 0 Å². The molecular weight excluding hydrogens is 456 g/mol.